The normalized spacial score (nSPS) is 10.5. The first-order valence-electron chi connectivity index (χ1n) is 5.51. The molecule has 1 aromatic heterocycles. The Morgan fingerprint density at radius 2 is 2.24 bits per heavy atom. The number of benzene rings is 1. The van der Waals surface area contributed by atoms with Gasteiger partial charge in [0.2, 0.25) is 0 Å². The number of nitrogens with zero attached hydrogens (tertiary/aromatic N) is 3. The monoisotopic (exact) mass is 233 g/mol. The van der Waals surface area contributed by atoms with E-state index in [1.807, 2.05) is 0 Å². The average Bonchev–Trinajstić information content (AvgIpc) is 2.78. The molecule has 5 heteroatoms. The molecule has 90 valence electrons. The molecule has 17 heavy (non-hydrogen) atoms. The van der Waals surface area contributed by atoms with Crippen LogP contribution in [0.2, 0.25) is 0 Å². The molecule has 2 aromatic rings. The molecule has 0 aliphatic heterocycles. The number of ether oxygens (including phenoxy) is 1. The maximum atomic E-state index is 9.86. The zero-order chi connectivity index (χ0) is 12.3. The lowest BCUT2D eigenvalue weighted by Crippen LogP contribution is -2.02. The second kappa shape index (κ2) is 4.86. The summed E-state index contributed by atoms with van der Waals surface area (Å²) in [6.07, 6.45) is 2.45. The van der Waals surface area contributed by atoms with Gasteiger partial charge in [0.15, 0.2) is 5.82 Å². The molecule has 0 saturated carbocycles. The predicted molar refractivity (Wildman–Crippen MR) is 64.0 cm³/mol. The number of phenols is 1. The number of aryl methyl sites for hydroxylation is 1. The Hall–Kier alpha value is -2.04. The second-order valence-electron chi connectivity index (χ2n) is 3.69. The summed E-state index contributed by atoms with van der Waals surface area (Å²) in [4.78, 5) is 4.18. The van der Waals surface area contributed by atoms with E-state index in [0.717, 1.165) is 13.0 Å². The maximum Gasteiger partial charge on any atom is 0.161 e. The van der Waals surface area contributed by atoms with E-state index in [2.05, 4.69) is 17.0 Å². The fourth-order valence-electron chi connectivity index (χ4n) is 1.67. The van der Waals surface area contributed by atoms with Crippen LogP contribution >= 0.6 is 0 Å². The minimum absolute atomic E-state index is 0.177. The van der Waals surface area contributed by atoms with Gasteiger partial charge in [0.05, 0.1) is 12.7 Å². The number of hydrogen-bond donors (Lipinski definition) is 1. The molecule has 0 bridgehead atoms. The smallest absolute Gasteiger partial charge is 0.161 e. The van der Waals surface area contributed by atoms with Gasteiger partial charge in [-0.2, -0.15) is 5.10 Å². The van der Waals surface area contributed by atoms with E-state index >= 15 is 0 Å². The van der Waals surface area contributed by atoms with Crippen LogP contribution in [0.25, 0.3) is 11.4 Å². The van der Waals surface area contributed by atoms with E-state index in [1.54, 1.807) is 30.0 Å². The topological polar surface area (TPSA) is 60.2 Å². The molecule has 0 aliphatic rings. The number of aromatic nitrogens is 3. The molecule has 0 atom stereocenters. The first-order valence-corrected chi connectivity index (χ1v) is 5.51. The highest BCUT2D eigenvalue weighted by Crippen LogP contribution is 2.31. The average molecular weight is 233 g/mol. The Bertz CT molecular complexity index is 508. The summed E-state index contributed by atoms with van der Waals surface area (Å²) in [5.41, 5.74) is 0.635. The lowest BCUT2D eigenvalue weighted by atomic mass is 10.1. The number of aromatic hydroxyl groups is 1. The third kappa shape index (κ3) is 2.22. The molecule has 0 fully saturated rings. The summed E-state index contributed by atoms with van der Waals surface area (Å²) in [5.74, 6) is 1.52. The van der Waals surface area contributed by atoms with E-state index in [0.29, 0.717) is 17.1 Å². The Kier molecular flexibility index (Phi) is 3.27. The van der Waals surface area contributed by atoms with Crippen molar-refractivity contribution in [3.8, 4) is 22.9 Å². The summed E-state index contributed by atoms with van der Waals surface area (Å²) >= 11 is 0. The van der Waals surface area contributed by atoms with Gasteiger partial charge >= 0.3 is 0 Å². The molecule has 1 aromatic carbocycles. The van der Waals surface area contributed by atoms with Gasteiger partial charge in [0, 0.05) is 6.54 Å². The van der Waals surface area contributed by atoms with Crippen LogP contribution in [0.5, 0.6) is 11.5 Å². The van der Waals surface area contributed by atoms with E-state index < -0.39 is 0 Å². The lowest BCUT2D eigenvalue weighted by molar-refractivity contribution is 0.412. The van der Waals surface area contributed by atoms with E-state index in [9.17, 15) is 5.11 Å². The minimum Gasteiger partial charge on any atom is -0.507 e. The molecule has 0 unspecified atom stereocenters. The summed E-state index contributed by atoms with van der Waals surface area (Å²) in [6, 6.07) is 5.06. The standard InChI is InChI=1S/C12H15N3O2/c1-3-6-15-12(13-8-14-15)10-7-9(17-2)4-5-11(10)16/h4-5,7-8,16H,3,6H2,1-2H3. The van der Waals surface area contributed by atoms with Crippen LogP contribution in [0.1, 0.15) is 13.3 Å². The fraction of sp³-hybridized carbons (Fsp3) is 0.333. The third-order valence-electron chi connectivity index (χ3n) is 2.50. The first kappa shape index (κ1) is 11.4. The van der Waals surface area contributed by atoms with E-state index in [-0.39, 0.29) is 5.75 Å². The van der Waals surface area contributed by atoms with Crippen molar-refractivity contribution in [1.82, 2.24) is 14.8 Å². The summed E-state index contributed by atoms with van der Waals surface area (Å²) in [7, 11) is 1.59. The highest BCUT2D eigenvalue weighted by molar-refractivity contribution is 5.65. The minimum atomic E-state index is 0.177. The summed E-state index contributed by atoms with van der Waals surface area (Å²) in [5, 5.41) is 14.0. The van der Waals surface area contributed by atoms with Gasteiger partial charge in [-0.25, -0.2) is 9.67 Å². The molecule has 0 radical (unpaired) electrons. The van der Waals surface area contributed by atoms with Crippen molar-refractivity contribution in [2.75, 3.05) is 7.11 Å². The number of rotatable bonds is 4. The highest BCUT2D eigenvalue weighted by Gasteiger charge is 2.12. The largest absolute Gasteiger partial charge is 0.507 e. The number of hydrogen-bond acceptors (Lipinski definition) is 4. The van der Waals surface area contributed by atoms with Crippen molar-refractivity contribution < 1.29 is 9.84 Å². The zero-order valence-corrected chi connectivity index (χ0v) is 9.92. The molecule has 0 spiro atoms. The van der Waals surface area contributed by atoms with Crippen LogP contribution in [0.4, 0.5) is 0 Å². The van der Waals surface area contributed by atoms with Gasteiger partial charge in [0.1, 0.15) is 17.8 Å². The molecule has 1 heterocycles. The zero-order valence-electron chi connectivity index (χ0n) is 9.92. The maximum absolute atomic E-state index is 9.86. The molecule has 2 rings (SSSR count). The van der Waals surface area contributed by atoms with Crippen LogP contribution in [-0.4, -0.2) is 27.0 Å². The lowest BCUT2D eigenvalue weighted by Gasteiger charge is -2.08. The van der Waals surface area contributed by atoms with Gasteiger partial charge in [-0.3, -0.25) is 0 Å². The molecular formula is C12H15N3O2. The van der Waals surface area contributed by atoms with Crippen molar-refractivity contribution in [2.45, 2.75) is 19.9 Å². The van der Waals surface area contributed by atoms with Crippen LogP contribution in [0.15, 0.2) is 24.5 Å². The van der Waals surface area contributed by atoms with Gasteiger partial charge in [0.25, 0.3) is 0 Å². The Morgan fingerprint density at radius 3 is 2.94 bits per heavy atom. The van der Waals surface area contributed by atoms with Crippen LogP contribution in [-0.2, 0) is 6.54 Å². The Balaban J connectivity index is 2.47. The Morgan fingerprint density at radius 1 is 1.41 bits per heavy atom. The molecule has 5 nitrogen and oxygen atoms in total. The van der Waals surface area contributed by atoms with Gasteiger partial charge in [-0.05, 0) is 24.6 Å². The van der Waals surface area contributed by atoms with Crippen LogP contribution < -0.4 is 4.74 Å². The predicted octanol–water partition coefficient (Wildman–Crippen LogP) is 2.07. The van der Waals surface area contributed by atoms with Crippen molar-refractivity contribution in [3.05, 3.63) is 24.5 Å². The molecule has 0 amide bonds. The van der Waals surface area contributed by atoms with Crippen molar-refractivity contribution >= 4 is 0 Å². The SMILES string of the molecule is CCCn1ncnc1-c1cc(OC)ccc1O. The van der Waals surface area contributed by atoms with Gasteiger partial charge in [-0.1, -0.05) is 6.92 Å². The van der Waals surface area contributed by atoms with Crippen molar-refractivity contribution in [1.29, 1.82) is 0 Å². The van der Waals surface area contributed by atoms with Crippen LogP contribution in [0.3, 0.4) is 0 Å². The molecule has 0 aliphatic carbocycles. The molecule has 1 N–H and O–H groups in total. The van der Waals surface area contributed by atoms with Crippen molar-refractivity contribution in [2.24, 2.45) is 0 Å². The molecular weight excluding hydrogens is 218 g/mol. The molecule has 0 saturated heterocycles. The highest BCUT2D eigenvalue weighted by atomic mass is 16.5. The first-order chi connectivity index (χ1) is 8.26. The third-order valence-corrected chi connectivity index (χ3v) is 2.50. The van der Waals surface area contributed by atoms with Crippen LogP contribution in [0, 0.1) is 0 Å². The second-order valence-corrected chi connectivity index (χ2v) is 3.69. The van der Waals surface area contributed by atoms with Gasteiger partial charge in [-0.15, -0.1) is 0 Å². The Labute approximate surface area is 99.7 Å². The van der Waals surface area contributed by atoms with Gasteiger partial charge < -0.3 is 9.84 Å². The number of methoxy groups -OCH3 is 1. The summed E-state index contributed by atoms with van der Waals surface area (Å²) in [6.45, 7) is 2.84. The van der Waals surface area contributed by atoms with Crippen molar-refractivity contribution in [3.63, 3.8) is 0 Å². The summed E-state index contributed by atoms with van der Waals surface area (Å²) < 4.78 is 6.91. The van der Waals surface area contributed by atoms with E-state index in [4.69, 9.17) is 4.74 Å². The van der Waals surface area contributed by atoms with E-state index in [1.165, 1.54) is 6.33 Å². The quantitative estimate of drug-likeness (QED) is 0.878. The fourth-order valence-corrected chi connectivity index (χ4v) is 1.67. The number of phenolic OH excluding ortho intramolecular Hbond substituents is 1.